The zero-order valence-electron chi connectivity index (χ0n) is 52.0. The maximum Gasteiger partial charge on any atom is 0.231 e. The molecule has 10 atom stereocenters. The number of aliphatic hydroxyl groups is 2. The fraction of sp³-hybridized carbons (Fsp3) is 0.508. The monoisotopic (exact) mass is 1130 g/mol. The molecule has 0 saturated carbocycles. The quantitative estimate of drug-likeness (QED) is 0.0587. The number of hydrogen-bond donors (Lipinski definition) is 5. The number of fused-ring (bicyclic) bond motifs is 18. The van der Waals surface area contributed by atoms with E-state index in [0.717, 1.165) is 73.6 Å². The summed E-state index contributed by atoms with van der Waals surface area (Å²) < 4.78 is 64.8. The maximum absolute atomic E-state index is 11.4. The number of aromatic hydroxyl groups is 1. The van der Waals surface area contributed by atoms with Gasteiger partial charge in [0.2, 0.25) is 16.4 Å². The summed E-state index contributed by atoms with van der Waals surface area (Å²) in [5.41, 5.74) is 16.2. The van der Waals surface area contributed by atoms with Crippen LogP contribution in [0.5, 0.6) is 40.2 Å². The second-order valence-electron chi connectivity index (χ2n) is 22.0. The van der Waals surface area contributed by atoms with Crippen molar-refractivity contribution in [3.8, 4) is 52.4 Å². The number of phenols is 1. The summed E-state index contributed by atoms with van der Waals surface area (Å²) in [5, 5.41) is 42.7. The van der Waals surface area contributed by atoms with E-state index in [9.17, 15) is 15.6 Å². The number of rotatable bonds is 10. The molecule has 8 heterocycles. The number of ether oxygens (including phenoxy) is 6. The van der Waals surface area contributed by atoms with E-state index in [-0.39, 0.29) is 88.2 Å². The van der Waals surface area contributed by atoms with Gasteiger partial charge < -0.3 is 43.7 Å². The Kier molecular flexibility index (Phi) is 16.3. The first-order valence-electron chi connectivity index (χ1n) is 29.5. The number of piperazine rings is 2. The molecule has 4 aromatic rings. The predicted molar refractivity (Wildman–Crippen MR) is 321 cm³/mol. The molecule has 80 heavy (non-hydrogen) atoms. The van der Waals surface area contributed by atoms with Gasteiger partial charge in [-0.25, -0.2) is 25.0 Å². The summed E-state index contributed by atoms with van der Waals surface area (Å²) >= 11 is 7.27. The van der Waals surface area contributed by atoms with Gasteiger partial charge in [0.25, 0.3) is 0 Å². The topological polar surface area (TPSA) is 177 Å². The summed E-state index contributed by atoms with van der Waals surface area (Å²) in [7, 11) is 4.22. The number of thiol groups is 2. The Hall–Kier alpha value is -5.47. The maximum atomic E-state index is 11.4. The van der Waals surface area contributed by atoms with Gasteiger partial charge in [-0.05, 0) is 135 Å². The van der Waals surface area contributed by atoms with Crippen LogP contribution in [0, 0.1) is 71.1 Å². The van der Waals surface area contributed by atoms with Gasteiger partial charge in [-0.1, -0.05) is 51.1 Å². The van der Waals surface area contributed by atoms with Crippen LogP contribution in [0.15, 0.2) is 37.4 Å². The van der Waals surface area contributed by atoms with Gasteiger partial charge in [0.05, 0.1) is 49.5 Å². The number of nitrogens with zero attached hydrogens (tertiary/aromatic N) is 6. The number of aliphatic hydroxyl groups excluding tert-OH is 2. The largest absolute Gasteiger partial charge is 0.507 e. The first kappa shape index (κ1) is 53.8. The molecular weight excluding hydrogens is 1050 g/mol. The highest BCUT2D eigenvalue weighted by molar-refractivity contribution is 8.06. The van der Waals surface area contributed by atoms with Crippen molar-refractivity contribution < 1.29 is 43.7 Å². The number of nitriles is 2. The Balaban J connectivity index is 0.000000179. The molecule has 3 N–H and O–H groups in total. The van der Waals surface area contributed by atoms with E-state index < -0.39 is 12.1 Å². The molecule has 2 saturated heterocycles. The fourth-order valence-electron chi connectivity index (χ4n) is 14.7. The average molecular weight is 1130 g/mol. The van der Waals surface area contributed by atoms with Crippen LogP contribution in [0.4, 0.5) is 0 Å². The molecule has 8 aliphatic heterocycles. The van der Waals surface area contributed by atoms with Crippen molar-refractivity contribution in [1.29, 1.82) is 16.1 Å². The molecular formula is C61H78B2N6O9S2. The minimum Gasteiger partial charge on any atom is -0.507 e. The van der Waals surface area contributed by atoms with Crippen molar-refractivity contribution in [1.82, 2.24) is 19.6 Å². The van der Waals surface area contributed by atoms with Crippen molar-refractivity contribution in [3.05, 3.63) is 121 Å². The van der Waals surface area contributed by atoms with Gasteiger partial charge in [-0.15, -0.1) is 0 Å². The zero-order valence-corrected chi connectivity index (χ0v) is 49.8. The lowest BCUT2D eigenvalue weighted by Gasteiger charge is -2.60. The van der Waals surface area contributed by atoms with Crippen LogP contribution in [0.3, 0.4) is 0 Å². The van der Waals surface area contributed by atoms with Gasteiger partial charge in [0.1, 0.15) is 42.5 Å². The summed E-state index contributed by atoms with van der Waals surface area (Å²) in [4.78, 5) is 9.21. The molecule has 424 valence electrons. The standard InChI is InChI=1S/C30H35N3O4.C29H33N3O5.2CH5BS/c1-7-8-35-28-18(5)29-30(37-14-36-29)26-20(28)11-22-27-25-17(4)16(3)15(2)9-19(25)10-21(32(27)6)23(12-31)33(22)24(26)13-34;1-6-7-35-27-16(4)28-29(37-13-36-28)24-18(27)10-20-25-23-17(8-14(2)15(3)26(23)34)9-19(31(25)5)21(11-30)32(20)22(24)12-33;2*1-2-3/h7,9,21-24,27,34H,1,8,10-11,13-14H2,2-6H3;6,8,19-22,25,33-34H,1,7,9-10,12-13H2,2-5H3;2*2-3H,1H3/t21-,22?,23-,24-,27-;19-,20?,21-,22-,25-;;/m00../s1/i34T;33T;2*2D. The highest BCUT2D eigenvalue weighted by Gasteiger charge is 2.58. The average Bonchev–Trinajstić information content (AvgIpc) is 0.905. The first-order chi connectivity index (χ1) is 40.1. The van der Waals surface area contributed by atoms with Gasteiger partial charge in [0.15, 0.2) is 36.0 Å². The lowest BCUT2D eigenvalue weighted by molar-refractivity contribution is -0.0825. The Bertz CT molecular complexity index is 3080. The fourth-order valence-corrected chi connectivity index (χ4v) is 14.7. The molecule has 19 heteroatoms. The van der Waals surface area contributed by atoms with Gasteiger partial charge in [-0.3, -0.25) is 19.6 Å². The van der Waals surface area contributed by atoms with Crippen molar-refractivity contribution >= 4 is 38.0 Å². The highest BCUT2D eigenvalue weighted by Crippen LogP contribution is 2.60. The van der Waals surface area contributed by atoms with Crippen molar-refractivity contribution in [3.63, 3.8) is 0 Å². The molecule has 0 spiro atoms. The molecule has 4 bridgehead atoms. The minimum atomic E-state index is -0.455. The molecule has 2 unspecified atom stereocenters. The number of aryl methyl sites for hydroxylation is 2. The SMILES string of the molecule is [2H]B(C)S.[2H]B(C)S.[3H]OC[C@H]1c2c(c(OCC=C)c(C)c3c2OCO3)CC2[C@H]3c4c(cc(C)c(C)c4C)C[C@@H]([C@H](C#N)N21)N3C.[3H]OC[C@H]1c2c(c(OCC=C)c(C)c3c2OCO3)CC2[C@H]3c4c(cc(C)c(C)c4O)C[C@@H]([C@H](C#N)N21)N3C. The Morgan fingerprint density at radius 2 is 1.05 bits per heavy atom. The third kappa shape index (κ3) is 9.42. The van der Waals surface area contributed by atoms with Crippen LogP contribution in [0.1, 0.15) is 108 Å². The molecule has 12 rings (SSSR count). The smallest absolute Gasteiger partial charge is 0.231 e. The molecule has 0 aliphatic carbocycles. The zero-order chi connectivity index (χ0) is 60.9. The summed E-state index contributed by atoms with van der Waals surface area (Å²) in [5.74, 6) is 4.46. The van der Waals surface area contributed by atoms with Gasteiger partial charge in [0, 0.05) is 63.1 Å². The number of likely N-dealkylation sites (N-methyl/N-ethyl adjacent to an activating group) is 2. The van der Waals surface area contributed by atoms with Crippen LogP contribution in [-0.4, -0.2) is 144 Å². The number of phenolic OH excluding ortho intramolecular Hbond substituents is 1. The van der Waals surface area contributed by atoms with Crippen molar-refractivity contribution in [2.75, 3.05) is 54.1 Å². The third-order valence-electron chi connectivity index (χ3n) is 18.2. The van der Waals surface area contributed by atoms with Gasteiger partial charge in [-0.2, -0.15) is 10.5 Å². The Morgan fingerprint density at radius 1 is 0.650 bits per heavy atom. The molecule has 8 aliphatic rings. The van der Waals surface area contributed by atoms with Crippen LogP contribution in [0.2, 0.25) is 13.6 Å². The predicted octanol–water partition coefficient (Wildman–Crippen LogP) is 7.98. The third-order valence-corrected chi connectivity index (χ3v) is 18.2. The van der Waals surface area contributed by atoms with E-state index in [2.05, 4.69) is 117 Å². The molecule has 4 aromatic carbocycles. The van der Waals surface area contributed by atoms with E-state index >= 15 is 0 Å². The Morgan fingerprint density at radius 3 is 1.46 bits per heavy atom. The molecule has 2 fully saturated rings. The van der Waals surface area contributed by atoms with Crippen LogP contribution in [0.25, 0.3) is 0 Å². The molecule has 0 amide bonds. The Labute approximate surface area is 490 Å². The van der Waals surface area contributed by atoms with Crippen LogP contribution in [-0.2, 0) is 25.7 Å². The molecule has 0 radical (unpaired) electrons. The van der Waals surface area contributed by atoms with Crippen molar-refractivity contribution in [2.45, 2.75) is 148 Å². The first-order valence-corrected chi connectivity index (χ1v) is 28.6. The lowest BCUT2D eigenvalue weighted by atomic mass is 9.70. The van der Waals surface area contributed by atoms with E-state index in [1.54, 1.807) is 25.8 Å². The van der Waals surface area contributed by atoms with Gasteiger partial charge >= 0.3 is 0 Å². The van der Waals surface area contributed by atoms with E-state index in [4.69, 9.17) is 44.2 Å². The van der Waals surface area contributed by atoms with E-state index in [1.807, 2.05) is 27.7 Å². The van der Waals surface area contributed by atoms with E-state index in [1.165, 1.54) is 27.8 Å². The second kappa shape index (κ2) is 24.2. The van der Waals surface area contributed by atoms with Crippen LogP contribution >= 0.6 is 25.0 Å². The second-order valence-corrected chi connectivity index (χ2v) is 23.0. The van der Waals surface area contributed by atoms with Crippen LogP contribution < -0.4 is 28.4 Å². The summed E-state index contributed by atoms with van der Waals surface area (Å²) in [6.45, 7) is 26.3. The normalized spacial score (nSPS) is 26.6. The van der Waals surface area contributed by atoms with Crippen molar-refractivity contribution in [2.24, 2.45) is 0 Å². The molecule has 0 aromatic heterocycles. The summed E-state index contributed by atoms with van der Waals surface area (Å²) in [6, 6.07) is 7.83. The highest BCUT2D eigenvalue weighted by atomic mass is 32.1. The van der Waals surface area contributed by atoms with E-state index in [0.29, 0.717) is 61.2 Å². The molecule has 15 nitrogen and oxygen atoms in total. The summed E-state index contributed by atoms with van der Waals surface area (Å²) in [6.07, 6.45) is 6.16. The number of hydrogen-bond acceptors (Lipinski definition) is 17. The minimum absolute atomic E-state index is 0.0146. The number of benzene rings is 4. The lowest BCUT2D eigenvalue weighted by Crippen LogP contribution is -2.68.